The van der Waals surface area contributed by atoms with Crippen molar-refractivity contribution in [3.8, 4) is 0 Å². The molecule has 6 heteroatoms. The third-order valence-corrected chi connectivity index (χ3v) is 4.63. The molecule has 1 atom stereocenters. The van der Waals surface area contributed by atoms with Gasteiger partial charge < -0.3 is 5.73 Å². The van der Waals surface area contributed by atoms with Crippen LogP contribution in [0, 0.1) is 11.3 Å². The molecular weight excluding hydrogens is 226 g/mol. The number of nitrogens with two attached hydrogens (primary N) is 1. The summed E-state index contributed by atoms with van der Waals surface area (Å²) in [6.45, 7) is 1.58. The number of rotatable bonds is 5. The largest absolute Gasteiger partial charge is 0.386 e. The molecule has 0 radical (unpaired) electrons. The number of hydrogen-bond donors (Lipinski definition) is 3. The Balaban J connectivity index is 2.47. The fraction of sp³-hybridized carbons (Fsp3) is 0.900. The van der Waals surface area contributed by atoms with Gasteiger partial charge in [0.05, 0.1) is 11.8 Å². The Kier molecular flexibility index (Phi) is 4.73. The molecule has 94 valence electrons. The van der Waals surface area contributed by atoms with Crippen molar-refractivity contribution in [3.63, 3.8) is 0 Å². The highest BCUT2D eigenvalue weighted by atomic mass is 32.2. The minimum Gasteiger partial charge on any atom is -0.386 e. The van der Waals surface area contributed by atoms with E-state index in [9.17, 15) is 8.42 Å². The van der Waals surface area contributed by atoms with E-state index in [0.717, 1.165) is 25.7 Å². The van der Waals surface area contributed by atoms with Crippen LogP contribution in [0.25, 0.3) is 0 Å². The first-order valence-corrected chi connectivity index (χ1v) is 7.40. The van der Waals surface area contributed by atoms with Gasteiger partial charge in [0.25, 0.3) is 0 Å². The molecular formula is C10H21N3O2S. The first-order chi connectivity index (χ1) is 7.41. The summed E-state index contributed by atoms with van der Waals surface area (Å²) >= 11 is 0. The van der Waals surface area contributed by atoms with Gasteiger partial charge in [-0.25, -0.2) is 13.1 Å². The van der Waals surface area contributed by atoms with E-state index >= 15 is 0 Å². The summed E-state index contributed by atoms with van der Waals surface area (Å²) in [6, 6.07) is -0.603. The number of amidine groups is 1. The lowest BCUT2D eigenvalue weighted by Gasteiger charge is -2.22. The van der Waals surface area contributed by atoms with Crippen LogP contribution in [-0.4, -0.2) is 26.0 Å². The Hall–Kier alpha value is -0.620. The molecule has 0 amide bonds. The molecule has 1 unspecified atom stereocenters. The Labute approximate surface area is 97.4 Å². The average molecular weight is 247 g/mol. The van der Waals surface area contributed by atoms with Crippen molar-refractivity contribution < 1.29 is 8.42 Å². The van der Waals surface area contributed by atoms with Crippen LogP contribution in [0.1, 0.15) is 39.0 Å². The Morgan fingerprint density at radius 2 is 2.00 bits per heavy atom. The molecule has 1 aliphatic carbocycles. The highest BCUT2D eigenvalue weighted by molar-refractivity contribution is 7.89. The second kappa shape index (κ2) is 5.63. The number of hydrogen-bond acceptors (Lipinski definition) is 3. The average Bonchev–Trinajstić information content (AvgIpc) is 2.17. The van der Waals surface area contributed by atoms with Crippen molar-refractivity contribution in [2.75, 3.05) is 5.75 Å². The summed E-state index contributed by atoms with van der Waals surface area (Å²) in [5, 5.41) is 7.15. The smallest absolute Gasteiger partial charge is 0.212 e. The Bertz CT molecular complexity index is 334. The highest BCUT2D eigenvalue weighted by Gasteiger charge is 2.23. The van der Waals surface area contributed by atoms with E-state index in [-0.39, 0.29) is 17.5 Å². The topological polar surface area (TPSA) is 96.0 Å². The molecule has 1 fully saturated rings. The summed E-state index contributed by atoms with van der Waals surface area (Å²) in [4.78, 5) is 0. The fourth-order valence-electron chi connectivity index (χ4n) is 2.05. The zero-order valence-corrected chi connectivity index (χ0v) is 10.5. The van der Waals surface area contributed by atoms with Crippen molar-refractivity contribution >= 4 is 15.9 Å². The minimum atomic E-state index is -3.30. The first kappa shape index (κ1) is 13.4. The summed E-state index contributed by atoms with van der Waals surface area (Å²) in [5.41, 5.74) is 5.23. The van der Waals surface area contributed by atoms with Gasteiger partial charge in [0.2, 0.25) is 10.0 Å². The van der Waals surface area contributed by atoms with Crippen LogP contribution in [0.2, 0.25) is 0 Å². The molecule has 0 aromatic rings. The van der Waals surface area contributed by atoms with Gasteiger partial charge in [-0.1, -0.05) is 19.3 Å². The van der Waals surface area contributed by atoms with Gasteiger partial charge >= 0.3 is 0 Å². The zero-order valence-electron chi connectivity index (χ0n) is 9.70. The van der Waals surface area contributed by atoms with Crippen LogP contribution in [0.4, 0.5) is 0 Å². The number of nitrogens with one attached hydrogen (secondary N) is 2. The molecule has 0 aromatic carbocycles. The van der Waals surface area contributed by atoms with E-state index in [1.807, 2.05) is 0 Å². The van der Waals surface area contributed by atoms with E-state index in [1.54, 1.807) is 6.92 Å². The van der Waals surface area contributed by atoms with Crippen molar-refractivity contribution in [1.82, 2.24) is 4.72 Å². The maximum absolute atomic E-state index is 11.8. The molecule has 0 aliphatic heterocycles. The Morgan fingerprint density at radius 3 is 2.50 bits per heavy atom. The lowest BCUT2D eigenvalue weighted by Crippen LogP contribution is -2.43. The first-order valence-electron chi connectivity index (χ1n) is 5.74. The van der Waals surface area contributed by atoms with Gasteiger partial charge in [0, 0.05) is 0 Å². The predicted molar refractivity (Wildman–Crippen MR) is 64.9 cm³/mol. The quantitative estimate of drug-likeness (QED) is 0.495. The molecule has 0 bridgehead atoms. The summed E-state index contributed by atoms with van der Waals surface area (Å²) < 4.78 is 25.9. The summed E-state index contributed by atoms with van der Waals surface area (Å²) in [7, 11) is -3.30. The van der Waals surface area contributed by atoms with E-state index in [2.05, 4.69) is 4.72 Å². The highest BCUT2D eigenvalue weighted by Crippen LogP contribution is 2.24. The molecule has 0 spiro atoms. The van der Waals surface area contributed by atoms with Crippen LogP contribution in [0.5, 0.6) is 0 Å². The second-order valence-electron chi connectivity index (χ2n) is 4.58. The van der Waals surface area contributed by atoms with Crippen LogP contribution in [-0.2, 0) is 10.0 Å². The SMILES string of the molecule is CC(NS(=O)(=O)CC1CCCCC1)C(=N)N. The second-order valence-corrected chi connectivity index (χ2v) is 6.38. The molecule has 0 heterocycles. The maximum atomic E-state index is 11.8. The van der Waals surface area contributed by atoms with Crippen molar-refractivity contribution in [2.45, 2.75) is 45.1 Å². The lowest BCUT2D eigenvalue weighted by atomic mass is 9.91. The van der Waals surface area contributed by atoms with Crippen LogP contribution in [0.3, 0.4) is 0 Å². The van der Waals surface area contributed by atoms with Crippen molar-refractivity contribution in [1.29, 1.82) is 5.41 Å². The predicted octanol–water partition coefficient (Wildman–Crippen LogP) is 0.811. The van der Waals surface area contributed by atoms with Gasteiger partial charge in [-0.05, 0) is 25.7 Å². The summed E-state index contributed by atoms with van der Waals surface area (Å²) in [5.74, 6) is 0.294. The van der Waals surface area contributed by atoms with E-state index < -0.39 is 16.1 Å². The van der Waals surface area contributed by atoms with Gasteiger partial charge in [-0.15, -0.1) is 0 Å². The van der Waals surface area contributed by atoms with Gasteiger partial charge in [0.1, 0.15) is 5.84 Å². The zero-order chi connectivity index (χ0) is 12.2. The molecule has 5 nitrogen and oxygen atoms in total. The van der Waals surface area contributed by atoms with Crippen LogP contribution >= 0.6 is 0 Å². The third-order valence-electron chi connectivity index (χ3n) is 3.00. The van der Waals surface area contributed by atoms with E-state index in [4.69, 9.17) is 11.1 Å². The van der Waals surface area contributed by atoms with Crippen molar-refractivity contribution in [2.24, 2.45) is 11.7 Å². The maximum Gasteiger partial charge on any atom is 0.212 e. The monoisotopic (exact) mass is 247 g/mol. The molecule has 0 aromatic heterocycles. The lowest BCUT2D eigenvalue weighted by molar-refractivity contribution is 0.384. The summed E-state index contributed by atoms with van der Waals surface area (Å²) in [6.07, 6.45) is 5.46. The number of sulfonamides is 1. The molecule has 16 heavy (non-hydrogen) atoms. The van der Waals surface area contributed by atoms with E-state index in [0.29, 0.717) is 0 Å². The fourth-order valence-corrected chi connectivity index (χ4v) is 3.76. The Morgan fingerprint density at radius 1 is 1.44 bits per heavy atom. The molecule has 0 saturated heterocycles. The van der Waals surface area contributed by atoms with Gasteiger partial charge in [-0.2, -0.15) is 0 Å². The van der Waals surface area contributed by atoms with Gasteiger partial charge in [0.15, 0.2) is 0 Å². The van der Waals surface area contributed by atoms with Crippen LogP contribution in [0.15, 0.2) is 0 Å². The molecule has 1 aliphatic rings. The molecule has 1 saturated carbocycles. The minimum absolute atomic E-state index is 0.146. The molecule has 4 N–H and O–H groups in total. The van der Waals surface area contributed by atoms with Crippen LogP contribution < -0.4 is 10.5 Å². The van der Waals surface area contributed by atoms with Crippen molar-refractivity contribution in [3.05, 3.63) is 0 Å². The third kappa shape index (κ3) is 4.49. The van der Waals surface area contributed by atoms with E-state index in [1.165, 1.54) is 6.42 Å². The van der Waals surface area contributed by atoms with Gasteiger partial charge in [-0.3, -0.25) is 5.41 Å². The standard InChI is InChI=1S/C10H21N3O2S/c1-8(10(11)12)13-16(14,15)7-9-5-3-2-4-6-9/h8-9,13H,2-7H2,1H3,(H3,11,12). The normalized spacial score (nSPS) is 20.6. The molecule has 1 rings (SSSR count).